The minimum Gasteiger partial charge on any atom is -0.508 e. The van der Waals surface area contributed by atoms with E-state index in [9.17, 15) is 5.11 Å². The van der Waals surface area contributed by atoms with Crippen LogP contribution in [-0.4, -0.2) is 10.1 Å². The Morgan fingerprint density at radius 1 is 1.25 bits per heavy atom. The Morgan fingerprint density at radius 3 is 2.88 bits per heavy atom. The monoisotopic (exact) mass is 232 g/mol. The molecule has 0 aliphatic rings. The fraction of sp³-hybridized carbons (Fsp3) is 0.0833. The molecule has 0 spiro atoms. The van der Waals surface area contributed by atoms with Crippen molar-refractivity contribution in [3.8, 4) is 5.75 Å². The van der Waals surface area contributed by atoms with Crippen molar-refractivity contribution < 1.29 is 5.11 Å². The minimum atomic E-state index is 0.284. The molecule has 1 heterocycles. The van der Waals surface area contributed by atoms with Gasteiger partial charge in [0, 0.05) is 11.9 Å². The maximum Gasteiger partial charge on any atom is 0.119 e. The number of nitrogens with zero attached hydrogens (tertiary/aromatic N) is 1. The summed E-state index contributed by atoms with van der Waals surface area (Å²) in [5.41, 5.74) is 7.52. The first kappa shape index (κ1) is 10.8. The van der Waals surface area contributed by atoms with Crippen molar-refractivity contribution in [3.05, 3.63) is 48.2 Å². The summed E-state index contributed by atoms with van der Waals surface area (Å²) < 4.78 is 0. The SMILES string of the molecule is Nc1cccnc1SCc1cccc(O)c1. The van der Waals surface area contributed by atoms with Crippen molar-refractivity contribution in [2.75, 3.05) is 5.73 Å². The second-order valence-electron chi connectivity index (χ2n) is 3.36. The highest BCUT2D eigenvalue weighted by atomic mass is 32.2. The molecule has 4 heteroatoms. The largest absolute Gasteiger partial charge is 0.508 e. The molecule has 3 N–H and O–H groups in total. The van der Waals surface area contributed by atoms with Crippen molar-refractivity contribution in [2.24, 2.45) is 0 Å². The first-order chi connectivity index (χ1) is 7.75. The number of hydrogen-bond donors (Lipinski definition) is 2. The average molecular weight is 232 g/mol. The van der Waals surface area contributed by atoms with Crippen LogP contribution in [0.3, 0.4) is 0 Å². The normalized spacial score (nSPS) is 10.2. The van der Waals surface area contributed by atoms with Crippen LogP contribution in [0.25, 0.3) is 0 Å². The molecule has 2 rings (SSSR count). The maximum atomic E-state index is 9.32. The Bertz CT molecular complexity index is 488. The van der Waals surface area contributed by atoms with E-state index >= 15 is 0 Å². The molecular weight excluding hydrogens is 220 g/mol. The van der Waals surface area contributed by atoms with E-state index in [1.165, 1.54) is 0 Å². The summed E-state index contributed by atoms with van der Waals surface area (Å²) in [4.78, 5) is 4.19. The number of nitrogens with two attached hydrogens (primary N) is 1. The van der Waals surface area contributed by atoms with Gasteiger partial charge in [-0.05, 0) is 29.8 Å². The number of nitrogen functional groups attached to an aromatic ring is 1. The number of aromatic hydroxyl groups is 1. The lowest BCUT2D eigenvalue weighted by atomic mass is 10.2. The summed E-state index contributed by atoms with van der Waals surface area (Å²) in [5, 5.41) is 10.1. The fourth-order valence-electron chi connectivity index (χ4n) is 1.32. The van der Waals surface area contributed by atoms with Gasteiger partial charge < -0.3 is 10.8 Å². The van der Waals surface area contributed by atoms with Crippen molar-refractivity contribution in [1.29, 1.82) is 0 Å². The van der Waals surface area contributed by atoms with Crippen LogP contribution < -0.4 is 5.73 Å². The van der Waals surface area contributed by atoms with E-state index in [-0.39, 0.29) is 5.75 Å². The third-order valence-corrected chi connectivity index (χ3v) is 3.18. The lowest BCUT2D eigenvalue weighted by Gasteiger charge is -2.04. The summed E-state index contributed by atoms with van der Waals surface area (Å²) in [7, 11) is 0. The zero-order valence-electron chi connectivity index (χ0n) is 8.63. The van der Waals surface area contributed by atoms with Crippen LogP contribution in [0.5, 0.6) is 5.75 Å². The molecule has 0 amide bonds. The van der Waals surface area contributed by atoms with Gasteiger partial charge >= 0.3 is 0 Å². The highest BCUT2D eigenvalue weighted by molar-refractivity contribution is 7.98. The Labute approximate surface area is 98.3 Å². The van der Waals surface area contributed by atoms with Crippen molar-refractivity contribution in [1.82, 2.24) is 4.98 Å². The molecule has 0 aliphatic carbocycles. The zero-order valence-corrected chi connectivity index (χ0v) is 9.45. The molecule has 0 radical (unpaired) electrons. The summed E-state index contributed by atoms with van der Waals surface area (Å²) in [6, 6.07) is 10.8. The number of phenols is 1. The third-order valence-electron chi connectivity index (χ3n) is 2.09. The third kappa shape index (κ3) is 2.67. The summed E-state index contributed by atoms with van der Waals surface area (Å²) in [6.07, 6.45) is 1.72. The van der Waals surface area contributed by atoms with E-state index < -0.39 is 0 Å². The molecule has 0 atom stereocenters. The second-order valence-corrected chi connectivity index (χ2v) is 4.32. The van der Waals surface area contributed by atoms with E-state index in [2.05, 4.69) is 4.98 Å². The zero-order chi connectivity index (χ0) is 11.4. The van der Waals surface area contributed by atoms with Crippen LogP contribution in [0.1, 0.15) is 5.56 Å². The highest BCUT2D eigenvalue weighted by Gasteiger charge is 2.01. The van der Waals surface area contributed by atoms with Crippen LogP contribution in [0.4, 0.5) is 5.69 Å². The lowest BCUT2D eigenvalue weighted by Crippen LogP contribution is -1.91. The van der Waals surface area contributed by atoms with Gasteiger partial charge in [-0.1, -0.05) is 23.9 Å². The highest BCUT2D eigenvalue weighted by Crippen LogP contribution is 2.26. The quantitative estimate of drug-likeness (QED) is 0.799. The van der Waals surface area contributed by atoms with Gasteiger partial charge in [0.1, 0.15) is 10.8 Å². The molecule has 0 saturated heterocycles. The molecule has 1 aromatic heterocycles. The maximum absolute atomic E-state index is 9.32. The van der Waals surface area contributed by atoms with Crippen LogP contribution in [0.15, 0.2) is 47.6 Å². The predicted octanol–water partition coefficient (Wildman–Crippen LogP) is 2.66. The molecule has 16 heavy (non-hydrogen) atoms. The summed E-state index contributed by atoms with van der Waals surface area (Å²) >= 11 is 1.56. The van der Waals surface area contributed by atoms with Gasteiger partial charge in [0.2, 0.25) is 0 Å². The smallest absolute Gasteiger partial charge is 0.119 e. The van der Waals surface area contributed by atoms with Gasteiger partial charge in [-0.25, -0.2) is 4.98 Å². The Balaban J connectivity index is 2.05. The van der Waals surface area contributed by atoms with Crippen molar-refractivity contribution >= 4 is 17.4 Å². The van der Waals surface area contributed by atoms with E-state index in [0.717, 1.165) is 16.3 Å². The molecule has 2 aromatic rings. The van der Waals surface area contributed by atoms with Gasteiger partial charge in [-0.3, -0.25) is 0 Å². The van der Waals surface area contributed by atoms with E-state index in [1.54, 1.807) is 30.1 Å². The van der Waals surface area contributed by atoms with E-state index in [1.807, 2.05) is 24.3 Å². The molecular formula is C12H12N2OS. The second kappa shape index (κ2) is 4.90. The standard InChI is InChI=1S/C12H12N2OS/c13-11-5-2-6-14-12(11)16-8-9-3-1-4-10(15)7-9/h1-7,15H,8,13H2. The number of benzene rings is 1. The predicted molar refractivity (Wildman–Crippen MR) is 66.3 cm³/mol. The first-order valence-corrected chi connectivity index (χ1v) is 5.85. The van der Waals surface area contributed by atoms with Crippen LogP contribution in [0.2, 0.25) is 0 Å². The van der Waals surface area contributed by atoms with Crippen LogP contribution in [-0.2, 0) is 5.75 Å². The Hall–Kier alpha value is -1.68. The van der Waals surface area contributed by atoms with Gasteiger partial charge in [0.25, 0.3) is 0 Å². The molecule has 0 saturated carbocycles. The van der Waals surface area contributed by atoms with E-state index in [4.69, 9.17) is 5.73 Å². The summed E-state index contributed by atoms with van der Waals surface area (Å²) in [5.74, 6) is 1.03. The minimum absolute atomic E-state index is 0.284. The molecule has 82 valence electrons. The number of thioether (sulfide) groups is 1. The number of hydrogen-bond acceptors (Lipinski definition) is 4. The fourth-order valence-corrected chi connectivity index (χ4v) is 2.17. The van der Waals surface area contributed by atoms with Crippen LogP contribution in [0, 0.1) is 0 Å². The van der Waals surface area contributed by atoms with Gasteiger partial charge in [-0.2, -0.15) is 0 Å². The Kier molecular flexibility index (Phi) is 3.31. The molecule has 0 unspecified atom stereocenters. The van der Waals surface area contributed by atoms with Gasteiger partial charge in [0.05, 0.1) is 5.69 Å². The average Bonchev–Trinajstić information content (AvgIpc) is 2.28. The van der Waals surface area contributed by atoms with Crippen LogP contribution >= 0.6 is 11.8 Å². The number of rotatable bonds is 3. The first-order valence-electron chi connectivity index (χ1n) is 4.87. The molecule has 1 aromatic carbocycles. The summed E-state index contributed by atoms with van der Waals surface area (Å²) in [6.45, 7) is 0. The number of phenolic OH excluding ortho intramolecular Hbond substituents is 1. The van der Waals surface area contributed by atoms with E-state index in [0.29, 0.717) is 5.69 Å². The molecule has 0 fully saturated rings. The number of aromatic nitrogens is 1. The Morgan fingerprint density at radius 2 is 2.12 bits per heavy atom. The van der Waals surface area contributed by atoms with Gasteiger partial charge in [0.15, 0.2) is 0 Å². The van der Waals surface area contributed by atoms with Crippen molar-refractivity contribution in [3.63, 3.8) is 0 Å². The lowest BCUT2D eigenvalue weighted by molar-refractivity contribution is 0.475. The number of anilines is 1. The topological polar surface area (TPSA) is 59.1 Å². The molecule has 3 nitrogen and oxygen atoms in total. The molecule has 0 bridgehead atoms. The van der Waals surface area contributed by atoms with Gasteiger partial charge in [-0.15, -0.1) is 0 Å². The molecule has 0 aliphatic heterocycles. The van der Waals surface area contributed by atoms with Crippen molar-refractivity contribution in [2.45, 2.75) is 10.8 Å². The number of pyridine rings is 1.